The van der Waals surface area contributed by atoms with E-state index in [1.807, 2.05) is 50.2 Å². The van der Waals surface area contributed by atoms with Gasteiger partial charge < -0.3 is 14.4 Å². The summed E-state index contributed by atoms with van der Waals surface area (Å²) in [6.07, 6.45) is 7.67. The monoisotopic (exact) mass is 366 g/mol. The number of piperidine rings is 1. The maximum Gasteiger partial charge on any atom is 0.254 e. The number of hydrogen-bond acceptors (Lipinski definition) is 4. The third-order valence-electron chi connectivity index (χ3n) is 5.35. The van der Waals surface area contributed by atoms with E-state index in [0.29, 0.717) is 0 Å². The number of rotatable bonds is 5. The number of hydrogen-bond donors (Lipinski definition) is 0. The lowest BCUT2D eigenvalue weighted by Gasteiger charge is -2.39. The molecule has 2 unspecified atom stereocenters. The minimum Gasteiger partial charge on any atom is -0.491 e. The summed E-state index contributed by atoms with van der Waals surface area (Å²) < 4.78 is 11.8. The van der Waals surface area contributed by atoms with Gasteiger partial charge in [-0.1, -0.05) is 0 Å². The molecule has 0 saturated carbocycles. The largest absolute Gasteiger partial charge is 0.491 e. The summed E-state index contributed by atoms with van der Waals surface area (Å²) in [5.74, 6) is 1.78. The molecule has 2 bridgehead atoms. The fraction of sp³-hybridized carbons (Fsp3) is 0.455. The minimum atomic E-state index is 0.126. The number of fused-ring (bicyclic) bond motifs is 2. The van der Waals surface area contributed by atoms with Gasteiger partial charge in [-0.2, -0.15) is 0 Å². The normalized spacial score (nSPS) is 24.1. The Morgan fingerprint density at radius 3 is 2.22 bits per heavy atom. The van der Waals surface area contributed by atoms with E-state index in [4.69, 9.17) is 9.47 Å². The molecule has 3 heterocycles. The number of benzene rings is 1. The first kappa shape index (κ1) is 17.8. The van der Waals surface area contributed by atoms with Crippen molar-refractivity contribution < 1.29 is 14.3 Å². The minimum absolute atomic E-state index is 0.126. The summed E-state index contributed by atoms with van der Waals surface area (Å²) in [4.78, 5) is 19.2. The molecule has 4 rings (SSSR count). The Balaban J connectivity index is 1.42. The number of nitrogens with zero attached hydrogens (tertiary/aromatic N) is 2. The summed E-state index contributed by atoms with van der Waals surface area (Å²) in [7, 11) is 0. The molecule has 2 aliphatic rings. The third kappa shape index (κ3) is 3.92. The molecule has 27 heavy (non-hydrogen) atoms. The molecule has 0 radical (unpaired) electrons. The van der Waals surface area contributed by atoms with Crippen molar-refractivity contribution in [1.29, 1.82) is 0 Å². The topological polar surface area (TPSA) is 51.7 Å². The van der Waals surface area contributed by atoms with Gasteiger partial charge in [0, 0.05) is 42.9 Å². The Hall–Kier alpha value is -2.56. The highest BCUT2D eigenvalue weighted by molar-refractivity contribution is 5.95. The van der Waals surface area contributed by atoms with E-state index in [0.717, 1.165) is 42.7 Å². The van der Waals surface area contributed by atoms with Crippen molar-refractivity contribution in [3.05, 3.63) is 54.4 Å². The number of aromatic nitrogens is 1. The summed E-state index contributed by atoms with van der Waals surface area (Å²) in [5, 5.41) is 0. The highest BCUT2D eigenvalue weighted by Gasteiger charge is 2.44. The second-order valence-electron chi connectivity index (χ2n) is 7.68. The van der Waals surface area contributed by atoms with Crippen molar-refractivity contribution in [2.45, 2.75) is 63.8 Å². The molecule has 142 valence electrons. The summed E-state index contributed by atoms with van der Waals surface area (Å²) in [5.41, 5.74) is 0.733. The molecule has 2 fully saturated rings. The van der Waals surface area contributed by atoms with Gasteiger partial charge in [0.1, 0.15) is 17.6 Å². The lowest BCUT2D eigenvalue weighted by atomic mass is 9.98. The van der Waals surface area contributed by atoms with Crippen LogP contribution in [0.4, 0.5) is 0 Å². The molecule has 5 nitrogen and oxygen atoms in total. The fourth-order valence-corrected chi connectivity index (χ4v) is 4.26. The van der Waals surface area contributed by atoms with E-state index in [1.165, 1.54) is 0 Å². The number of carbonyl (C=O) groups excluding carboxylic acids is 1. The van der Waals surface area contributed by atoms with Gasteiger partial charge in [0.15, 0.2) is 0 Å². The fourth-order valence-electron chi connectivity index (χ4n) is 4.26. The van der Waals surface area contributed by atoms with E-state index in [2.05, 4.69) is 9.88 Å². The Morgan fingerprint density at radius 1 is 1.00 bits per heavy atom. The van der Waals surface area contributed by atoms with Gasteiger partial charge in [0.2, 0.25) is 0 Å². The summed E-state index contributed by atoms with van der Waals surface area (Å²) in [6, 6.07) is 11.8. The van der Waals surface area contributed by atoms with Crippen LogP contribution in [0.3, 0.4) is 0 Å². The third-order valence-corrected chi connectivity index (χ3v) is 5.35. The molecule has 1 aromatic carbocycles. The lowest BCUT2D eigenvalue weighted by molar-refractivity contribution is 0.0358. The lowest BCUT2D eigenvalue weighted by Crippen LogP contribution is -2.49. The number of carbonyl (C=O) groups is 1. The Kier molecular flexibility index (Phi) is 5.01. The van der Waals surface area contributed by atoms with Gasteiger partial charge in [-0.15, -0.1) is 0 Å². The molecule has 0 aliphatic carbocycles. The zero-order chi connectivity index (χ0) is 18.8. The first-order valence-corrected chi connectivity index (χ1v) is 9.76. The highest BCUT2D eigenvalue weighted by atomic mass is 16.5. The van der Waals surface area contributed by atoms with Crippen LogP contribution in [0.25, 0.3) is 0 Å². The van der Waals surface area contributed by atoms with Crippen molar-refractivity contribution >= 4 is 5.91 Å². The number of pyridine rings is 1. The first-order valence-electron chi connectivity index (χ1n) is 9.76. The summed E-state index contributed by atoms with van der Waals surface area (Å²) in [6.45, 7) is 3.99. The van der Waals surface area contributed by atoms with Crippen molar-refractivity contribution in [3.8, 4) is 11.5 Å². The van der Waals surface area contributed by atoms with Gasteiger partial charge in [-0.25, -0.2) is 0 Å². The molecule has 2 aliphatic heterocycles. The average molecular weight is 366 g/mol. The molecule has 1 amide bonds. The van der Waals surface area contributed by atoms with E-state index in [-0.39, 0.29) is 30.2 Å². The van der Waals surface area contributed by atoms with Gasteiger partial charge in [-0.3, -0.25) is 9.78 Å². The number of amides is 1. The van der Waals surface area contributed by atoms with Crippen molar-refractivity contribution in [3.63, 3.8) is 0 Å². The SMILES string of the molecule is CC(C)Oc1ccc(C(=O)N2C3CCC2CC(Oc2ccncc2)C3)cc1. The van der Waals surface area contributed by atoms with Crippen LogP contribution >= 0.6 is 0 Å². The highest BCUT2D eigenvalue weighted by Crippen LogP contribution is 2.38. The second-order valence-corrected chi connectivity index (χ2v) is 7.68. The van der Waals surface area contributed by atoms with Crippen LogP contribution in [0.5, 0.6) is 11.5 Å². The molecule has 1 aromatic heterocycles. The van der Waals surface area contributed by atoms with Crippen molar-refractivity contribution in [2.24, 2.45) is 0 Å². The van der Waals surface area contributed by atoms with Crippen molar-refractivity contribution in [1.82, 2.24) is 9.88 Å². The van der Waals surface area contributed by atoms with Gasteiger partial charge >= 0.3 is 0 Å². The molecular formula is C22H26N2O3. The van der Waals surface area contributed by atoms with Crippen molar-refractivity contribution in [2.75, 3.05) is 0 Å². The zero-order valence-electron chi connectivity index (χ0n) is 15.9. The van der Waals surface area contributed by atoms with Crippen LogP contribution in [0.1, 0.15) is 49.9 Å². The molecule has 2 atom stereocenters. The standard InChI is InChI=1S/C22H26N2O3/c1-15(2)26-19-7-3-16(4-8-19)22(25)24-17-5-6-18(24)14-21(13-17)27-20-9-11-23-12-10-20/h3-4,7-12,15,17-18,21H,5-6,13-14H2,1-2H3. The van der Waals surface area contributed by atoms with Crippen LogP contribution in [0.15, 0.2) is 48.8 Å². The second kappa shape index (κ2) is 7.59. The van der Waals surface area contributed by atoms with Crippen LogP contribution in [0, 0.1) is 0 Å². The maximum absolute atomic E-state index is 13.1. The van der Waals surface area contributed by atoms with E-state index in [1.54, 1.807) is 12.4 Å². The van der Waals surface area contributed by atoms with Crippen LogP contribution in [-0.2, 0) is 0 Å². The molecule has 2 aromatic rings. The Morgan fingerprint density at radius 2 is 1.63 bits per heavy atom. The van der Waals surface area contributed by atoms with E-state index < -0.39 is 0 Å². The van der Waals surface area contributed by atoms with Crippen LogP contribution in [0.2, 0.25) is 0 Å². The van der Waals surface area contributed by atoms with Gasteiger partial charge in [0.05, 0.1) is 6.10 Å². The van der Waals surface area contributed by atoms with Gasteiger partial charge in [-0.05, 0) is 63.1 Å². The molecular weight excluding hydrogens is 340 g/mol. The predicted molar refractivity (Wildman–Crippen MR) is 103 cm³/mol. The first-order chi connectivity index (χ1) is 13.1. The molecule has 5 heteroatoms. The van der Waals surface area contributed by atoms with Crippen LogP contribution < -0.4 is 9.47 Å². The zero-order valence-corrected chi connectivity index (χ0v) is 15.9. The summed E-state index contributed by atoms with van der Waals surface area (Å²) >= 11 is 0. The predicted octanol–water partition coefficient (Wildman–Crippen LogP) is 4.08. The smallest absolute Gasteiger partial charge is 0.254 e. The Bertz CT molecular complexity index is 762. The quantitative estimate of drug-likeness (QED) is 0.800. The molecule has 0 spiro atoms. The molecule has 0 N–H and O–H groups in total. The van der Waals surface area contributed by atoms with E-state index >= 15 is 0 Å². The Labute approximate surface area is 160 Å². The average Bonchev–Trinajstić information content (AvgIpc) is 2.93. The maximum atomic E-state index is 13.1. The van der Waals surface area contributed by atoms with E-state index in [9.17, 15) is 4.79 Å². The number of ether oxygens (including phenoxy) is 2. The van der Waals surface area contributed by atoms with Gasteiger partial charge in [0.25, 0.3) is 5.91 Å². The molecule has 2 saturated heterocycles. The van der Waals surface area contributed by atoms with Crippen LogP contribution in [-0.4, -0.2) is 40.1 Å².